The zero-order valence-corrected chi connectivity index (χ0v) is 8.51. The summed E-state index contributed by atoms with van der Waals surface area (Å²) < 4.78 is 19.6. The smallest absolute Gasteiger partial charge is 0.394 e. The van der Waals surface area contributed by atoms with Crippen molar-refractivity contribution in [3.05, 3.63) is 22.5 Å². The molecule has 0 amide bonds. The Labute approximate surface area is 94.4 Å². The number of hydrogen-bond donors (Lipinski definition) is 2. The van der Waals surface area contributed by atoms with Crippen LogP contribution >= 0.6 is 0 Å². The van der Waals surface area contributed by atoms with Gasteiger partial charge in [-0.25, -0.2) is 4.39 Å². The molecule has 1 fully saturated rings. The second-order valence-corrected chi connectivity index (χ2v) is 3.57. The molecule has 4 atom stereocenters. The molecular formula is C8H10FN3O5. The summed E-state index contributed by atoms with van der Waals surface area (Å²) in [6.45, 7) is -0.569. The second kappa shape index (κ2) is 4.35. The molecule has 17 heavy (non-hydrogen) atoms. The summed E-state index contributed by atoms with van der Waals surface area (Å²) in [4.78, 5) is 13.3. The number of halogens is 1. The highest BCUT2D eigenvalue weighted by Crippen LogP contribution is 2.33. The number of hydrogen-bond acceptors (Lipinski definition) is 6. The third-order valence-corrected chi connectivity index (χ3v) is 2.56. The molecule has 0 radical (unpaired) electrons. The van der Waals surface area contributed by atoms with E-state index in [-0.39, 0.29) is 0 Å². The number of alkyl halides is 1. The van der Waals surface area contributed by atoms with Gasteiger partial charge in [0.25, 0.3) is 0 Å². The highest BCUT2D eigenvalue weighted by Gasteiger charge is 2.48. The van der Waals surface area contributed by atoms with Crippen molar-refractivity contribution in [1.29, 1.82) is 0 Å². The number of rotatable bonds is 3. The van der Waals surface area contributed by atoms with Gasteiger partial charge < -0.3 is 25.1 Å². The van der Waals surface area contributed by atoms with Crippen LogP contribution in [0.2, 0.25) is 0 Å². The van der Waals surface area contributed by atoms with Crippen LogP contribution in [0.4, 0.5) is 10.3 Å². The molecule has 9 heteroatoms. The predicted octanol–water partition coefficient (Wildman–Crippen LogP) is -0.620. The molecule has 94 valence electrons. The lowest BCUT2D eigenvalue weighted by molar-refractivity contribution is -0.398. The van der Waals surface area contributed by atoms with E-state index in [1.54, 1.807) is 0 Å². The van der Waals surface area contributed by atoms with Crippen LogP contribution in [0.1, 0.15) is 6.23 Å². The van der Waals surface area contributed by atoms with Gasteiger partial charge in [0.1, 0.15) is 24.6 Å². The van der Waals surface area contributed by atoms with Gasteiger partial charge >= 0.3 is 5.95 Å². The van der Waals surface area contributed by atoms with E-state index >= 15 is 0 Å². The van der Waals surface area contributed by atoms with Gasteiger partial charge in [-0.15, -0.1) is 0 Å². The van der Waals surface area contributed by atoms with Crippen LogP contribution in [0.15, 0.2) is 12.4 Å². The molecule has 2 N–H and O–H groups in total. The van der Waals surface area contributed by atoms with Crippen molar-refractivity contribution in [2.45, 2.75) is 24.6 Å². The Morgan fingerprint density at radius 2 is 2.41 bits per heavy atom. The lowest BCUT2D eigenvalue weighted by Gasteiger charge is -2.11. The summed E-state index contributed by atoms with van der Waals surface area (Å²) in [5, 5.41) is 28.8. The van der Waals surface area contributed by atoms with E-state index in [9.17, 15) is 19.6 Å². The van der Waals surface area contributed by atoms with Gasteiger partial charge in [-0.2, -0.15) is 4.57 Å². The largest absolute Gasteiger partial charge is 0.436 e. The Balaban J connectivity index is 2.29. The average Bonchev–Trinajstić information content (AvgIpc) is 2.86. The molecule has 2 heterocycles. The Kier molecular flexibility index (Phi) is 3.05. The molecule has 0 aromatic carbocycles. The van der Waals surface area contributed by atoms with Crippen molar-refractivity contribution >= 4 is 5.95 Å². The van der Waals surface area contributed by atoms with Gasteiger partial charge in [0, 0.05) is 0 Å². The van der Waals surface area contributed by atoms with E-state index < -0.39 is 42.1 Å². The lowest BCUT2D eigenvalue weighted by atomic mass is 10.1. The fourth-order valence-electron chi connectivity index (χ4n) is 1.72. The molecule has 0 aliphatic carbocycles. The van der Waals surface area contributed by atoms with Crippen LogP contribution in [-0.2, 0) is 4.74 Å². The van der Waals surface area contributed by atoms with Crippen LogP contribution in [0.3, 0.4) is 0 Å². The van der Waals surface area contributed by atoms with Crippen LogP contribution < -0.4 is 0 Å². The molecule has 8 nitrogen and oxygen atoms in total. The maximum absolute atomic E-state index is 13.7. The summed E-state index contributed by atoms with van der Waals surface area (Å²) in [5.41, 5.74) is 0. The quantitative estimate of drug-likeness (QED) is 0.544. The molecule has 1 aromatic rings. The summed E-state index contributed by atoms with van der Waals surface area (Å²) in [5.74, 6) is -0.580. The third kappa shape index (κ3) is 1.88. The highest BCUT2D eigenvalue weighted by molar-refractivity contribution is 5.10. The minimum absolute atomic E-state index is 0.569. The first kappa shape index (κ1) is 11.9. The van der Waals surface area contributed by atoms with Gasteiger partial charge in [0.05, 0.1) is 6.61 Å². The molecule has 1 saturated heterocycles. The van der Waals surface area contributed by atoms with Gasteiger partial charge in [-0.05, 0) is 4.92 Å². The zero-order valence-electron chi connectivity index (χ0n) is 8.51. The molecule has 0 saturated carbocycles. The fourth-order valence-corrected chi connectivity index (χ4v) is 1.72. The lowest BCUT2D eigenvalue weighted by Crippen LogP contribution is -2.30. The predicted molar refractivity (Wildman–Crippen MR) is 50.8 cm³/mol. The molecule has 2 rings (SSSR count). The molecule has 1 aromatic heterocycles. The van der Waals surface area contributed by atoms with Crippen LogP contribution in [-0.4, -0.2) is 49.7 Å². The van der Waals surface area contributed by atoms with E-state index in [0.717, 1.165) is 10.8 Å². The summed E-state index contributed by atoms with van der Waals surface area (Å²) >= 11 is 0. The Morgan fingerprint density at radius 3 is 2.94 bits per heavy atom. The maximum Gasteiger partial charge on any atom is 0.436 e. The van der Waals surface area contributed by atoms with Crippen molar-refractivity contribution in [1.82, 2.24) is 9.55 Å². The normalized spacial score (nSPS) is 32.9. The van der Waals surface area contributed by atoms with E-state index in [1.807, 2.05) is 0 Å². The standard InChI is InChI=1S/C8H10FN3O5/c9-5-6(14)4(3-13)17-7(5)11-2-1-10-8(11)12(15)16/h1-2,4-7,13-14H,3H2/t4-,5-,6-,7+/m1/s1. The second-order valence-electron chi connectivity index (χ2n) is 3.57. The molecule has 1 aliphatic rings. The SMILES string of the molecule is O=[N+]([O-])c1nccn1[C@H]1O[C@H](CO)[C@@H](O)[C@H]1F. The number of aliphatic hydroxyl groups is 2. The van der Waals surface area contributed by atoms with Crippen LogP contribution in [0.25, 0.3) is 0 Å². The zero-order chi connectivity index (χ0) is 12.6. The van der Waals surface area contributed by atoms with Crippen molar-refractivity contribution in [2.75, 3.05) is 6.61 Å². The minimum atomic E-state index is -1.86. The van der Waals surface area contributed by atoms with Crippen molar-refractivity contribution in [3.63, 3.8) is 0 Å². The maximum atomic E-state index is 13.7. The number of nitro groups is 1. The number of ether oxygens (including phenoxy) is 1. The van der Waals surface area contributed by atoms with E-state index in [1.165, 1.54) is 6.20 Å². The molecular weight excluding hydrogens is 237 g/mol. The summed E-state index contributed by atoms with van der Waals surface area (Å²) in [6, 6.07) is 0. The van der Waals surface area contributed by atoms with Gasteiger partial charge in [0.2, 0.25) is 6.23 Å². The van der Waals surface area contributed by atoms with E-state index in [2.05, 4.69) is 4.98 Å². The Hall–Kier alpha value is -1.58. The molecule has 0 spiro atoms. The summed E-state index contributed by atoms with van der Waals surface area (Å²) in [7, 11) is 0. The third-order valence-electron chi connectivity index (χ3n) is 2.56. The van der Waals surface area contributed by atoms with Crippen molar-refractivity contribution in [2.24, 2.45) is 0 Å². The fraction of sp³-hybridized carbons (Fsp3) is 0.625. The van der Waals surface area contributed by atoms with Crippen LogP contribution in [0.5, 0.6) is 0 Å². The van der Waals surface area contributed by atoms with Crippen molar-refractivity contribution < 1.29 is 24.3 Å². The van der Waals surface area contributed by atoms with Gasteiger partial charge in [-0.3, -0.25) is 0 Å². The van der Waals surface area contributed by atoms with E-state index in [4.69, 9.17) is 9.84 Å². The monoisotopic (exact) mass is 247 g/mol. The topological polar surface area (TPSA) is 111 Å². The first-order valence-electron chi connectivity index (χ1n) is 4.82. The summed E-state index contributed by atoms with van der Waals surface area (Å²) in [6.07, 6.45) is -3.52. The van der Waals surface area contributed by atoms with Crippen LogP contribution in [0, 0.1) is 10.1 Å². The number of nitrogens with zero attached hydrogens (tertiary/aromatic N) is 3. The molecule has 0 bridgehead atoms. The average molecular weight is 247 g/mol. The number of aliphatic hydroxyl groups excluding tert-OH is 2. The molecule has 0 unspecified atom stereocenters. The van der Waals surface area contributed by atoms with E-state index in [0.29, 0.717) is 0 Å². The Morgan fingerprint density at radius 1 is 1.71 bits per heavy atom. The molecule has 1 aliphatic heterocycles. The Bertz CT molecular complexity index is 425. The van der Waals surface area contributed by atoms with Gasteiger partial charge in [-0.1, -0.05) is 4.98 Å². The van der Waals surface area contributed by atoms with Crippen molar-refractivity contribution in [3.8, 4) is 0 Å². The number of imidazole rings is 1. The minimum Gasteiger partial charge on any atom is -0.394 e. The highest BCUT2D eigenvalue weighted by atomic mass is 19.1. The first-order valence-corrected chi connectivity index (χ1v) is 4.82. The van der Waals surface area contributed by atoms with Gasteiger partial charge in [0.15, 0.2) is 6.17 Å². The first-order chi connectivity index (χ1) is 8.06. The number of aromatic nitrogens is 2.